The van der Waals surface area contributed by atoms with Gasteiger partial charge >= 0.3 is 0 Å². The van der Waals surface area contributed by atoms with Gasteiger partial charge in [0, 0.05) is 17.7 Å². The van der Waals surface area contributed by atoms with Crippen molar-refractivity contribution in [3.8, 4) is 10.6 Å². The topological polar surface area (TPSA) is 85.1 Å². The molecule has 0 saturated heterocycles. The summed E-state index contributed by atoms with van der Waals surface area (Å²) in [4.78, 5) is 28.4. The summed E-state index contributed by atoms with van der Waals surface area (Å²) < 4.78 is 13.0. The number of nitrogens with two attached hydrogens (primary N) is 1. The Morgan fingerprint density at radius 1 is 1.12 bits per heavy atom. The molecule has 3 rings (SSSR count). The van der Waals surface area contributed by atoms with Crippen molar-refractivity contribution < 1.29 is 14.0 Å². The second-order valence-electron chi connectivity index (χ2n) is 5.68. The summed E-state index contributed by atoms with van der Waals surface area (Å²) in [7, 11) is 0. The predicted octanol–water partition coefficient (Wildman–Crippen LogP) is 3.29. The van der Waals surface area contributed by atoms with Gasteiger partial charge in [-0.3, -0.25) is 9.59 Å². The van der Waals surface area contributed by atoms with Gasteiger partial charge in [-0.2, -0.15) is 0 Å². The lowest BCUT2D eigenvalue weighted by Crippen LogP contribution is -2.22. The number of primary amides is 1. The highest BCUT2D eigenvalue weighted by atomic mass is 32.1. The van der Waals surface area contributed by atoms with E-state index in [-0.39, 0.29) is 11.7 Å². The van der Waals surface area contributed by atoms with Crippen LogP contribution in [0.15, 0.2) is 48.5 Å². The SMILES string of the molecule is Cc1nc(-c2ccc(F)cc2)sc1C(=O)NCc1ccc(C(N)=O)cc1. The van der Waals surface area contributed by atoms with Crippen molar-refractivity contribution >= 4 is 23.2 Å². The quantitative estimate of drug-likeness (QED) is 0.724. The molecule has 1 aromatic heterocycles. The van der Waals surface area contributed by atoms with E-state index >= 15 is 0 Å². The Labute approximate surface area is 153 Å². The summed E-state index contributed by atoms with van der Waals surface area (Å²) in [6.45, 7) is 2.08. The van der Waals surface area contributed by atoms with Crippen LogP contribution in [0.5, 0.6) is 0 Å². The van der Waals surface area contributed by atoms with Crippen molar-refractivity contribution in [2.45, 2.75) is 13.5 Å². The van der Waals surface area contributed by atoms with Crippen LogP contribution in [0.2, 0.25) is 0 Å². The van der Waals surface area contributed by atoms with Gasteiger partial charge in [-0.05, 0) is 48.9 Å². The molecule has 0 spiro atoms. The summed E-state index contributed by atoms with van der Waals surface area (Å²) in [6, 6.07) is 12.7. The molecule has 3 aromatic rings. The molecule has 0 aliphatic carbocycles. The van der Waals surface area contributed by atoms with E-state index in [0.717, 1.165) is 11.1 Å². The average Bonchev–Trinajstić information content (AvgIpc) is 3.02. The number of rotatable bonds is 5. The number of aromatic nitrogens is 1. The van der Waals surface area contributed by atoms with E-state index in [2.05, 4.69) is 10.3 Å². The van der Waals surface area contributed by atoms with Crippen molar-refractivity contribution in [2.75, 3.05) is 0 Å². The molecule has 0 aliphatic heterocycles. The van der Waals surface area contributed by atoms with Gasteiger partial charge in [-0.1, -0.05) is 12.1 Å². The van der Waals surface area contributed by atoms with E-state index in [4.69, 9.17) is 5.73 Å². The fourth-order valence-electron chi connectivity index (χ4n) is 2.37. The molecular formula is C19H16FN3O2S. The largest absolute Gasteiger partial charge is 0.366 e. The summed E-state index contributed by atoms with van der Waals surface area (Å²) in [5.74, 6) is -1.04. The molecule has 0 radical (unpaired) electrons. The molecule has 5 nitrogen and oxygen atoms in total. The molecule has 7 heteroatoms. The number of hydrogen-bond acceptors (Lipinski definition) is 4. The van der Waals surface area contributed by atoms with E-state index in [1.807, 2.05) is 0 Å². The Morgan fingerprint density at radius 2 is 1.77 bits per heavy atom. The molecule has 0 saturated carbocycles. The molecule has 26 heavy (non-hydrogen) atoms. The van der Waals surface area contributed by atoms with Gasteiger partial charge in [0.05, 0.1) is 5.69 Å². The van der Waals surface area contributed by atoms with Gasteiger partial charge in [0.25, 0.3) is 5.91 Å². The van der Waals surface area contributed by atoms with E-state index in [1.54, 1.807) is 43.3 Å². The van der Waals surface area contributed by atoms with Gasteiger partial charge in [-0.25, -0.2) is 9.37 Å². The lowest BCUT2D eigenvalue weighted by Gasteiger charge is -2.05. The third-order valence-corrected chi connectivity index (χ3v) is 4.99. The molecule has 0 aliphatic rings. The first-order valence-corrected chi connectivity index (χ1v) is 8.66. The van der Waals surface area contributed by atoms with Crippen LogP contribution in [-0.4, -0.2) is 16.8 Å². The summed E-state index contributed by atoms with van der Waals surface area (Å²) in [5, 5.41) is 3.50. The fraction of sp³-hybridized carbons (Fsp3) is 0.105. The molecule has 2 amide bonds. The highest BCUT2D eigenvalue weighted by Crippen LogP contribution is 2.28. The van der Waals surface area contributed by atoms with Crippen molar-refractivity contribution in [3.63, 3.8) is 0 Å². The minimum Gasteiger partial charge on any atom is -0.366 e. The number of thiazole rings is 1. The van der Waals surface area contributed by atoms with E-state index in [0.29, 0.717) is 27.7 Å². The molecular weight excluding hydrogens is 353 g/mol. The summed E-state index contributed by atoms with van der Waals surface area (Å²) >= 11 is 1.26. The van der Waals surface area contributed by atoms with Crippen molar-refractivity contribution in [1.82, 2.24) is 10.3 Å². The first-order valence-electron chi connectivity index (χ1n) is 7.84. The fourth-order valence-corrected chi connectivity index (χ4v) is 3.36. The Balaban J connectivity index is 1.70. The maximum atomic E-state index is 13.0. The first-order chi connectivity index (χ1) is 12.4. The molecule has 132 valence electrons. The van der Waals surface area contributed by atoms with Crippen LogP contribution in [0.1, 0.15) is 31.3 Å². The summed E-state index contributed by atoms with van der Waals surface area (Å²) in [6.07, 6.45) is 0. The molecule has 2 aromatic carbocycles. The zero-order valence-corrected chi connectivity index (χ0v) is 14.8. The first kappa shape index (κ1) is 17.8. The number of amides is 2. The Kier molecular flexibility index (Phi) is 5.09. The second kappa shape index (κ2) is 7.45. The standard InChI is InChI=1S/C19H16FN3O2S/c1-11-16(26-19(23-11)14-6-8-15(20)9-7-14)18(25)22-10-12-2-4-13(5-3-12)17(21)24/h2-9H,10H2,1H3,(H2,21,24)(H,22,25). The van der Waals surface area contributed by atoms with Crippen LogP contribution in [-0.2, 0) is 6.54 Å². The van der Waals surface area contributed by atoms with Crippen LogP contribution in [0, 0.1) is 12.7 Å². The molecule has 0 bridgehead atoms. The van der Waals surface area contributed by atoms with Crippen LogP contribution >= 0.6 is 11.3 Å². The maximum absolute atomic E-state index is 13.0. The van der Waals surface area contributed by atoms with Crippen molar-refractivity contribution in [3.05, 3.63) is 76.0 Å². The normalized spacial score (nSPS) is 10.5. The minimum absolute atomic E-state index is 0.229. The van der Waals surface area contributed by atoms with E-state index in [1.165, 1.54) is 23.5 Å². The van der Waals surface area contributed by atoms with Crippen molar-refractivity contribution in [2.24, 2.45) is 5.73 Å². The van der Waals surface area contributed by atoms with Gasteiger partial charge in [-0.15, -0.1) is 11.3 Å². The molecule has 1 heterocycles. The lowest BCUT2D eigenvalue weighted by molar-refractivity contribution is 0.0952. The Hall–Kier alpha value is -3.06. The number of nitrogens with zero attached hydrogens (tertiary/aromatic N) is 1. The van der Waals surface area contributed by atoms with Crippen LogP contribution in [0.4, 0.5) is 4.39 Å². The predicted molar refractivity (Wildman–Crippen MR) is 98.4 cm³/mol. The number of benzene rings is 2. The van der Waals surface area contributed by atoms with Crippen LogP contribution in [0.3, 0.4) is 0 Å². The summed E-state index contributed by atoms with van der Waals surface area (Å²) in [5.41, 5.74) is 7.86. The molecule has 0 unspecified atom stereocenters. The minimum atomic E-state index is -0.491. The van der Waals surface area contributed by atoms with Gasteiger partial charge in [0.15, 0.2) is 0 Å². The number of nitrogens with one attached hydrogen (secondary N) is 1. The van der Waals surface area contributed by atoms with Crippen LogP contribution in [0.25, 0.3) is 10.6 Å². The Morgan fingerprint density at radius 3 is 2.38 bits per heavy atom. The average molecular weight is 369 g/mol. The second-order valence-corrected chi connectivity index (χ2v) is 6.68. The van der Waals surface area contributed by atoms with E-state index < -0.39 is 5.91 Å². The zero-order chi connectivity index (χ0) is 18.7. The Bertz CT molecular complexity index is 950. The highest BCUT2D eigenvalue weighted by molar-refractivity contribution is 7.17. The molecule has 0 fully saturated rings. The number of carbonyl (C=O) groups is 2. The highest BCUT2D eigenvalue weighted by Gasteiger charge is 2.16. The number of aryl methyl sites for hydroxylation is 1. The zero-order valence-electron chi connectivity index (χ0n) is 14.0. The van der Waals surface area contributed by atoms with Crippen LogP contribution < -0.4 is 11.1 Å². The lowest BCUT2D eigenvalue weighted by atomic mass is 10.1. The third-order valence-electron chi connectivity index (χ3n) is 3.79. The monoisotopic (exact) mass is 369 g/mol. The van der Waals surface area contributed by atoms with Crippen molar-refractivity contribution in [1.29, 1.82) is 0 Å². The smallest absolute Gasteiger partial charge is 0.263 e. The van der Waals surface area contributed by atoms with Gasteiger partial charge < -0.3 is 11.1 Å². The number of hydrogen-bond donors (Lipinski definition) is 2. The number of carbonyl (C=O) groups excluding carboxylic acids is 2. The third kappa shape index (κ3) is 3.94. The molecule has 0 atom stereocenters. The number of halogens is 1. The maximum Gasteiger partial charge on any atom is 0.263 e. The van der Waals surface area contributed by atoms with E-state index in [9.17, 15) is 14.0 Å². The van der Waals surface area contributed by atoms with Gasteiger partial charge in [0.1, 0.15) is 15.7 Å². The molecule has 3 N–H and O–H groups in total. The van der Waals surface area contributed by atoms with Gasteiger partial charge in [0.2, 0.25) is 5.91 Å².